The summed E-state index contributed by atoms with van der Waals surface area (Å²) >= 11 is 1.32. The average molecular weight is 398 g/mol. The zero-order chi connectivity index (χ0) is 20.3. The Morgan fingerprint density at radius 1 is 1.14 bits per heavy atom. The summed E-state index contributed by atoms with van der Waals surface area (Å²) < 4.78 is 5.07. The van der Waals surface area contributed by atoms with Gasteiger partial charge >= 0.3 is 5.97 Å². The van der Waals surface area contributed by atoms with Crippen LogP contribution in [0.5, 0.6) is 0 Å². The number of rotatable bonds is 5. The second-order valence-electron chi connectivity index (χ2n) is 6.78. The Morgan fingerprint density at radius 3 is 2.54 bits per heavy atom. The summed E-state index contributed by atoms with van der Waals surface area (Å²) in [6, 6.07) is 11.4. The molecule has 0 saturated carbocycles. The van der Waals surface area contributed by atoms with Gasteiger partial charge in [-0.05, 0) is 44.0 Å². The highest BCUT2D eigenvalue weighted by Crippen LogP contribution is 2.36. The lowest BCUT2D eigenvalue weighted by Gasteiger charge is -2.23. The van der Waals surface area contributed by atoms with Crippen LogP contribution in [-0.2, 0) is 19.1 Å². The maximum Gasteiger partial charge on any atom is 0.307 e. The molecule has 0 unspecified atom stereocenters. The van der Waals surface area contributed by atoms with Crippen LogP contribution in [0.25, 0.3) is 0 Å². The van der Waals surface area contributed by atoms with Crippen molar-refractivity contribution < 1.29 is 19.1 Å². The highest BCUT2D eigenvalue weighted by molar-refractivity contribution is 8.01. The van der Waals surface area contributed by atoms with E-state index in [1.165, 1.54) is 11.8 Å². The Morgan fingerprint density at radius 2 is 1.82 bits per heavy atom. The molecule has 7 heteroatoms. The van der Waals surface area contributed by atoms with Gasteiger partial charge in [0.05, 0.1) is 17.4 Å². The molecule has 0 saturated heterocycles. The molecule has 0 spiro atoms. The number of esters is 1. The second-order valence-corrected chi connectivity index (χ2v) is 8.02. The highest BCUT2D eigenvalue weighted by Gasteiger charge is 2.29. The number of thioether (sulfide) groups is 1. The summed E-state index contributed by atoms with van der Waals surface area (Å²) in [5.74, 6) is -1.23. The Kier molecular flexibility index (Phi) is 6.04. The molecule has 0 bridgehead atoms. The molecule has 2 N–H and O–H groups in total. The summed E-state index contributed by atoms with van der Waals surface area (Å²) in [4.78, 5) is 37.3. The lowest BCUT2D eigenvalue weighted by atomic mass is 10.1. The fraction of sp³-hybridized carbons (Fsp3) is 0.286. The van der Waals surface area contributed by atoms with Crippen LogP contribution in [0.2, 0.25) is 0 Å². The van der Waals surface area contributed by atoms with Gasteiger partial charge in [0.15, 0.2) is 6.61 Å². The summed E-state index contributed by atoms with van der Waals surface area (Å²) in [5.41, 5.74) is 4.48. The zero-order valence-corrected chi connectivity index (χ0v) is 16.8. The number of aryl methyl sites for hydroxylation is 3. The van der Waals surface area contributed by atoms with Crippen LogP contribution in [0.15, 0.2) is 41.3 Å². The molecule has 0 aromatic heterocycles. The van der Waals surface area contributed by atoms with E-state index in [9.17, 15) is 14.4 Å². The number of nitrogens with one attached hydrogen (secondary N) is 2. The van der Waals surface area contributed by atoms with Crippen LogP contribution < -0.4 is 10.6 Å². The van der Waals surface area contributed by atoms with Gasteiger partial charge in [0.2, 0.25) is 5.91 Å². The smallest absolute Gasteiger partial charge is 0.307 e. The molecule has 3 rings (SSSR count). The van der Waals surface area contributed by atoms with Crippen LogP contribution in [-0.4, -0.2) is 29.6 Å². The zero-order valence-electron chi connectivity index (χ0n) is 16.0. The summed E-state index contributed by atoms with van der Waals surface area (Å²) in [6.07, 6.45) is -0.0965. The van der Waals surface area contributed by atoms with E-state index in [4.69, 9.17) is 4.74 Å². The molecular formula is C21H22N2O4S. The van der Waals surface area contributed by atoms with Gasteiger partial charge in [-0.1, -0.05) is 29.8 Å². The first-order valence-electron chi connectivity index (χ1n) is 8.93. The monoisotopic (exact) mass is 398 g/mol. The maximum atomic E-state index is 12.2. The number of ether oxygens (including phenoxy) is 1. The lowest BCUT2D eigenvalue weighted by Crippen LogP contribution is -2.32. The molecule has 28 heavy (non-hydrogen) atoms. The van der Waals surface area contributed by atoms with Crippen molar-refractivity contribution in [3.8, 4) is 0 Å². The standard InChI is InChI=1S/C21H22N2O4S/c1-12-8-13(2)20(14(3)9-12)23-18(24)11-27-19(25)10-17-21(26)22-15-6-4-5-7-16(15)28-17/h4-9,17H,10-11H2,1-3H3,(H,22,26)(H,23,24)/t17-/m0/s1. The Balaban J connectivity index is 1.52. The number of carbonyl (C=O) groups excluding carboxylic acids is 3. The minimum absolute atomic E-state index is 0.0965. The van der Waals surface area contributed by atoms with Gasteiger partial charge in [0.1, 0.15) is 0 Å². The third kappa shape index (κ3) is 4.72. The normalized spacial score (nSPS) is 15.4. The second kappa shape index (κ2) is 8.48. The first kappa shape index (κ1) is 19.9. The molecule has 2 aromatic carbocycles. The fourth-order valence-corrected chi connectivity index (χ4v) is 4.23. The maximum absolute atomic E-state index is 12.2. The van der Waals surface area contributed by atoms with Gasteiger partial charge < -0.3 is 15.4 Å². The lowest BCUT2D eigenvalue weighted by molar-refractivity contribution is -0.147. The molecule has 1 heterocycles. The predicted octanol–water partition coefficient (Wildman–Crippen LogP) is 3.60. The molecule has 0 radical (unpaired) electrons. The average Bonchev–Trinajstić information content (AvgIpc) is 2.63. The molecule has 1 atom stereocenters. The first-order valence-corrected chi connectivity index (χ1v) is 9.81. The van der Waals surface area contributed by atoms with Crippen molar-refractivity contribution in [2.45, 2.75) is 37.3 Å². The van der Waals surface area contributed by atoms with E-state index in [0.29, 0.717) is 0 Å². The van der Waals surface area contributed by atoms with Crippen molar-refractivity contribution in [1.29, 1.82) is 0 Å². The van der Waals surface area contributed by atoms with E-state index < -0.39 is 17.1 Å². The van der Waals surface area contributed by atoms with Crippen LogP contribution >= 0.6 is 11.8 Å². The molecule has 1 aliphatic rings. The molecular weight excluding hydrogens is 376 g/mol. The predicted molar refractivity (Wildman–Crippen MR) is 110 cm³/mol. The number of fused-ring (bicyclic) bond motifs is 1. The molecule has 0 aliphatic carbocycles. The third-order valence-electron chi connectivity index (χ3n) is 4.36. The summed E-state index contributed by atoms with van der Waals surface area (Å²) in [6.45, 7) is 5.43. The molecule has 2 aromatic rings. The van der Waals surface area contributed by atoms with Crippen LogP contribution in [0.1, 0.15) is 23.1 Å². The summed E-state index contributed by atoms with van der Waals surface area (Å²) in [7, 11) is 0. The van der Waals surface area contributed by atoms with E-state index in [-0.39, 0.29) is 18.9 Å². The van der Waals surface area contributed by atoms with E-state index in [1.54, 1.807) is 0 Å². The van der Waals surface area contributed by atoms with Gasteiger partial charge in [0, 0.05) is 10.6 Å². The van der Waals surface area contributed by atoms with E-state index in [2.05, 4.69) is 10.6 Å². The van der Waals surface area contributed by atoms with Crippen molar-refractivity contribution in [2.75, 3.05) is 17.2 Å². The Labute approximate surface area is 168 Å². The van der Waals surface area contributed by atoms with E-state index in [1.807, 2.05) is 57.2 Å². The first-order chi connectivity index (χ1) is 13.3. The number of amides is 2. The molecule has 1 aliphatic heterocycles. The Hall–Kier alpha value is -2.80. The highest BCUT2D eigenvalue weighted by atomic mass is 32.2. The van der Waals surface area contributed by atoms with Crippen molar-refractivity contribution in [3.63, 3.8) is 0 Å². The third-order valence-corrected chi connectivity index (χ3v) is 5.64. The van der Waals surface area contributed by atoms with E-state index >= 15 is 0 Å². The number of hydrogen-bond donors (Lipinski definition) is 2. The minimum atomic E-state index is -0.584. The fourth-order valence-electron chi connectivity index (χ4n) is 3.14. The van der Waals surface area contributed by atoms with Crippen LogP contribution in [0.3, 0.4) is 0 Å². The van der Waals surface area contributed by atoms with Crippen molar-refractivity contribution in [1.82, 2.24) is 0 Å². The van der Waals surface area contributed by atoms with Gasteiger partial charge in [-0.2, -0.15) is 0 Å². The van der Waals surface area contributed by atoms with Crippen LogP contribution in [0.4, 0.5) is 11.4 Å². The quantitative estimate of drug-likeness (QED) is 0.752. The number of para-hydroxylation sites is 1. The molecule has 146 valence electrons. The van der Waals surface area contributed by atoms with Gasteiger partial charge in [-0.15, -0.1) is 11.8 Å². The molecule has 2 amide bonds. The van der Waals surface area contributed by atoms with Crippen molar-refractivity contribution in [2.24, 2.45) is 0 Å². The Bertz CT molecular complexity index is 919. The topological polar surface area (TPSA) is 84.5 Å². The van der Waals surface area contributed by atoms with Gasteiger partial charge in [-0.25, -0.2) is 0 Å². The van der Waals surface area contributed by atoms with Gasteiger partial charge in [0.25, 0.3) is 5.91 Å². The largest absolute Gasteiger partial charge is 0.456 e. The molecule has 0 fully saturated rings. The number of hydrogen-bond acceptors (Lipinski definition) is 5. The van der Waals surface area contributed by atoms with E-state index in [0.717, 1.165) is 33.0 Å². The van der Waals surface area contributed by atoms with Gasteiger partial charge in [-0.3, -0.25) is 14.4 Å². The molecule has 6 nitrogen and oxygen atoms in total. The summed E-state index contributed by atoms with van der Waals surface area (Å²) in [5, 5.41) is 4.99. The minimum Gasteiger partial charge on any atom is -0.456 e. The van der Waals surface area contributed by atoms with Crippen molar-refractivity contribution in [3.05, 3.63) is 53.1 Å². The van der Waals surface area contributed by atoms with Crippen molar-refractivity contribution >= 4 is 40.9 Å². The number of benzene rings is 2. The SMILES string of the molecule is Cc1cc(C)c(NC(=O)COC(=O)C[C@@H]2Sc3ccccc3NC2=O)c(C)c1. The van der Waals surface area contributed by atoms with Crippen LogP contribution in [0, 0.1) is 20.8 Å². The number of carbonyl (C=O) groups is 3. The number of anilines is 2.